The molecule has 0 aromatic carbocycles. The maximum atomic E-state index is 12.6. The number of rotatable bonds is 4. The zero-order chi connectivity index (χ0) is 11.8. The van der Waals surface area contributed by atoms with Gasteiger partial charge in [0.15, 0.2) is 0 Å². The fraction of sp³-hybridized carbons (Fsp3) is 0.929. The van der Waals surface area contributed by atoms with Crippen molar-refractivity contribution in [1.82, 2.24) is 10.2 Å². The molecule has 0 aromatic rings. The number of fused-ring (bicyclic) bond motifs is 1. The van der Waals surface area contributed by atoms with Crippen LogP contribution in [0.1, 0.15) is 39.0 Å². The van der Waals surface area contributed by atoms with Crippen LogP contribution in [0.25, 0.3) is 0 Å². The Labute approximate surface area is 104 Å². The minimum absolute atomic E-state index is 0.413. The van der Waals surface area contributed by atoms with E-state index in [1.807, 2.05) is 0 Å². The summed E-state index contributed by atoms with van der Waals surface area (Å²) in [6.07, 6.45) is 6.21. The topological polar surface area (TPSA) is 32.3 Å². The van der Waals surface area contributed by atoms with Crippen molar-refractivity contribution in [2.24, 2.45) is 17.8 Å². The molecule has 1 N–H and O–H groups in total. The molecule has 2 aliphatic carbocycles. The SMILES string of the molecule is CCCN(C(=O)C1C2CCCC21)C1CCNC1. The van der Waals surface area contributed by atoms with E-state index in [1.54, 1.807) is 0 Å². The molecule has 3 heteroatoms. The molecule has 0 aromatic heterocycles. The maximum absolute atomic E-state index is 12.6. The third-order valence-electron chi connectivity index (χ3n) is 4.91. The number of nitrogens with one attached hydrogen (secondary N) is 1. The summed E-state index contributed by atoms with van der Waals surface area (Å²) in [4.78, 5) is 14.8. The highest BCUT2D eigenvalue weighted by Crippen LogP contribution is 2.58. The molecule has 3 rings (SSSR count). The van der Waals surface area contributed by atoms with Gasteiger partial charge in [-0.25, -0.2) is 0 Å². The van der Waals surface area contributed by atoms with Gasteiger partial charge < -0.3 is 10.2 Å². The largest absolute Gasteiger partial charge is 0.338 e. The predicted molar refractivity (Wildman–Crippen MR) is 67.6 cm³/mol. The molecule has 0 radical (unpaired) electrons. The van der Waals surface area contributed by atoms with Crippen molar-refractivity contribution < 1.29 is 4.79 Å². The summed E-state index contributed by atoms with van der Waals surface area (Å²) in [6.45, 7) is 5.22. The first-order valence-corrected chi connectivity index (χ1v) is 7.34. The molecule has 1 saturated heterocycles. The molecule has 2 saturated carbocycles. The van der Waals surface area contributed by atoms with Crippen LogP contribution in [-0.2, 0) is 4.79 Å². The molecule has 17 heavy (non-hydrogen) atoms. The second-order valence-electron chi connectivity index (χ2n) is 5.96. The first-order chi connectivity index (χ1) is 8.33. The van der Waals surface area contributed by atoms with E-state index >= 15 is 0 Å². The second-order valence-corrected chi connectivity index (χ2v) is 5.96. The number of carbonyl (C=O) groups excluding carboxylic acids is 1. The molecular formula is C14H24N2O. The van der Waals surface area contributed by atoms with Gasteiger partial charge in [-0.1, -0.05) is 13.3 Å². The fourth-order valence-corrected chi connectivity index (χ4v) is 4.00. The van der Waals surface area contributed by atoms with Gasteiger partial charge in [0.1, 0.15) is 0 Å². The Bertz CT molecular complexity index is 289. The van der Waals surface area contributed by atoms with E-state index in [1.165, 1.54) is 19.3 Å². The van der Waals surface area contributed by atoms with Gasteiger partial charge in [0.2, 0.25) is 5.91 Å². The smallest absolute Gasteiger partial charge is 0.226 e. The van der Waals surface area contributed by atoms with Gasteiger partial charge in [0, 0.05) is 25.0 Å². The molecule has 1 amide bonds. The van der Waals surface area contributed by atoms with Crippen LogP contribution in [0.15, 0.2) is 0 Å². The molecule has 3 fully saturated rings. The van der Waals surface area contributed by atoms with E-state index in [9.17, 15) is 4.79 Å². The van der Waals surface area contributed by atoms with Gasteiger partial charge in [-0.2, -0.15) is 0 Å². The first-order valence-electron chi connectivity index (χ1n) is 7.34. The molecule has 0 bridgehead atoms. The summed E-state index contributed by atoms with van der Waals surface area (Å²) in [7, 11) is 0. The van der Waals surface area contributed by atoms with E-state index < -0.39 is 0 Å². The molecule has 3 nitrogen and oxygen atoms in total. The van der Waals surface area contributed by atoms with Crippen molar-refractivity contribution in [3.8, 4) is 0 Å². The van der Waals surface area contributed by atoms with E-state index in [0.29, 0.717) is 17.9 Å². The van der Waals surface area contributed by atoms with Gasteiger partial charge >= 0.3 is 0 Å². The lowest BCUT2D eigenvalue weighted by Crippen LogP contribution is -2.43. The van der Waals surface area contributed by atoms with Crippen molar-refractivity contribution in [3.05, 3.63) is 0 Å². The Morgan fingerprint density at radius 1 is 1.29 bits per heavy atom. The number of nitrogens with zero attached hydrogens (tertiary/aromatic N) is 1. The molecule has 1 heterocycles. The molecule has 1 aliphatic heterocycles. The fourth-order valence-electron chi connectivity index (χ4n) is 4.00. The monoisotopic (exact) mass is 236 g/mol. The lowest BCUT2D eigenvalue weighted by molar-refractivity contribution is -0.135. The first kappa shape index (κ1) is 11.5. The van der Waals surface area contributed by atoms with E-state index in [2.05, 4.69) is 17.1 Å². The molecule has 3 unspecified atom stereocenters. The Balaban J connectivity index is 1.64. The highest BCUT2D eigenvalue weighted by Gasteiger charge is 2.57. The molecule has 3 atom stereocenters. The summed E-state index contributed by atoms with van der Waals surface area (Å²) in [6, 6.07) is 0.476. The molecule has 0 spiro atoms. The lowest BCUT2D eigenvalue weighted by atomic mass is 10.1. The van der Waals surface area contributed by atoms with Gasteiger partial charge in [-0.3, -0.25) is 4.79 Å². The van der Waals surface area contributed by atoms with E-state index in [4.69, 9.17) is 0 Å². The number of hydrogen-bond donors (Lipinski definition) is 1. The van der Waals surface area contributed by atoms with Crippen LogP contribution in [0.5, 0.6) is 0 Å². The van der Waals surface area contributed by atoms with Crippen LogP contribution in [0.3, 0.4) is 0 Å². The van der Waals surface area contributed by atoms with Gasteiger partial charge in [-0.05, 0) is 44.1 Å². The van der Waals surface area contributed by atoms with Gasteiger partial charge in [0.25, 0.3) is 0 Å². The number of hydrogen-bond acceptors (Lipinski definition) is 2. The zero-order valence-corrected chi connectivity index (χ0v) is 10.8. The van der Waals surface area contributed by atoms with Crippen LogP contribution in [0, 0.1) is 17.8 Å². The van der Waals surface area contributed by atoms with Crippen LogP contribution in [0.2, 0.25) is 0 Å². The minimum atomic E-state index is 0.413. The average molecular weight is 236 g/mol. The maximum Gasteiger partial charge on any atom is 0.226 e. The summed E-state index contributed by atoms with van der Waals surface area (Å²) in [5, 5.41) is 3.38. The summed E-state index contributed by atoms with van der Waals surface area (Å²) >= 11 is 0. The minimum Gasteiger partial charge on any atom is -0.338 e. The quantitative estimate of drug-likeness (QED) is 0.804. The Hall–Kier alpha value is -0.570. The second kappa shape index (κ2) is 4.60. The van der Waals surface area contributed by atoms with Crippen molar-refractivity contribution in [2.75, 3.05) is 19.6 Å². The van der Waals surface area contributed by atoms with E-state index in [-0.39, 0.29) is 0 Å². The number of carbonyl (C=O) groups is 1. The van der Waals surface area contributed by atoms with Crippen LogP contribution in [0.4, 0.5) is 0 Å². The Morgan fingerprint density at radius 2 is 2.06 bits per heavy atom. The number of amides is 1. The average Bonchev–Trinajstić information content (AvgIpc) is 2.82. The van der Waals surface area contributed by atoms with Crippen molar-refractivity contribution in [1.29, 1.82) is 0 Å². The van der Waals surface area contributed by atoms with Crippen molar-refractivity contribution in [2.45, 2.75) is 45.1 Å². The molecular weight excluding hydrogens is 212 g/mol. The standard InChI is InChI=1S/C14H24N2O/c1-2-8-16(10-6-7-15-9-10)14(17)13-11-4-3-5-12(11)13/h10-13,15H,2-9H2,1H3. The van der Waals surface area contributed by atoms with Gasteiger partial charge in [0.05, 0.1) is 0 Å². The third kappa shape index (κ3) is 1.99. The lowest BCUT2D eigenvalue weighted by Gasteiger charge is -2.29. The summed E-state index contributed by atoms with van der Waals surface area (Å²) in [5.41, 5.74) is 0. The van der Waals surface area contributed by atoms with Crippen LogP contribution >= 0.6 is 0 Å². The Kier molecular flexibility index (Phi) is 3.12. The third-order valence-corrected chi connectivity index (χ3v) is 4.91. The highest BCUT2D eigenvalue weighted by atomic mass is 16.2. The van der Waals surface area contributed by atoms with Gasteiger partial charge in [-0.15, -0.1) is 0 Å². The summed E-state index contributed by atoms with van der Waals surface area (Å²) in [5.74, 6) is 2.42. The highest BCUT2D eigenvalue weighted by molar-refractivity contribution is 5.83. The van der Waals surface area contributed by atoms with Crippen LogP contribution < -0.4 is 5.32 Å². The summed E-state index contributed by atoms with van der Waals surface area (Å²) < 4.78 is 0. The van der Waals surface area contributed by atoms with Crippen LogP contribution in [-0.4, -0.2) is 36.5 Å². The molecule has 3 aliphatic rings. The van der Waals surface area contributed by atoms with E-state index in [0.717, 1.165) is 44.3 Å². The zero-order valence-electron chi connectivity index (χ0n) is 10.8. The normalized spacial score (nSPS) is 39.1. The van der Waals surface area contributed by atoms with Crippen molar-refractivity contribution >= 4 is 5.91 Å². The molecule has 96 valence electrons. The predicted octanol–water partition coefficient (Wildman–Crippen LogP) is 1.63. The van der Waals surface area contributed by atoms with Crippen molar-refractivity contribution in [3.63, 3.8) is 0 Å². The Morgan fingerprint density at radius 3 is 2.65 bits per heavy atom.